The van der Waals surface area contributed by atoms with Crippen LogP contribution in [0.5, 0.6) is 5.75 Å². The van der Waals surface area contributed by atoms with E-state index in [9.17, 15) is 9.59 Å². The van der Waals surface area contributed by atoms with Gasteiger partial charge in [0.1, 0.15) is 12.4 Å². The van der Waals surface area contributed by atoms with Crippen LogP contribution in [0.15, 0.2) is 59.1 Å². The first-order valence-electron chi connectivity index (χ1n) is 9.14. The van der Waals surface area contributed by atoms with E-state index in [1.807, 2.05) is 59.5 Å². The molecule has 2 aromatic rings. The number of rotatable bonds is 6. The summed E-state index contributed by atoms with van der Waals surface area (Å²) in [5, 5.41) is 2.93. The van der Waals surface area contributed by atoms with Gasteiger partial charge in [-0.1, -0.05) is 34.1 Å². The minimum Gasteiger partial charge on any atom is -0.492 e. The predicted molar refractivity (Wildman–Crippen MR) is 108 cm³/mol. The first-order valence-corrected chi connectivity index (χ1v) is 9.93. The molecule has 1 N–H and O–H groups in total. The van der Waals surface area contributed by atoms with Crippen molar-refractivity contribution < 1.29 is 14.3 Å². The Labute approximate surface area is 167 Å². The molecule has 0 bridgehead atoms. The smallest absolute Gasteiger partial charge is 0.253 e. The van der Waals surface area contributed by atoms with Gasteiger partial charge in [-0.05, 0) is 49.2 Å². The van der Waals surface area contributed by atoms with Crippen LogP contribution in [0.4, 0.5) is 0 Å². The van der Waals surface area contributed by atoms with Crippen LogP contribution in [0.2, 0.25) is 0 Å². The summed E-state index contributed by atoms with van der Waals surface area (Å²) in [7, 11) is 0. The molecular weight excluding hydrogens is 408 g/mol. The molecule has 142 valence electrons. The third kappa shape index (κ3) is 5.57. The van der Waals surface area contributed by atoms with Crippen molar-refractivity contribution in [1.29, 1.82) is 0 Å². The third-order valence-corrected chi connectivity index (χ3v) is 5.19. The van der Waals surface area contributed by atoms with Crippen LogP contribution in [0.1, 0.15) is 23.2 Å². The lowest BCUT2D eigenvalue weighted by atomic mass is 9.95. The van der Waals surface area contributed by atoms with Gasteiger partial charge in [0, 0.05) is 29.0 Å². The Morgan fingerprint density at radius 2 is 1.70 bits per heavy atom. The van der Waals surface area contributed by atoms with Gasteiger partial charge in [0.2, 0.25) is 5.91 Å². The van der Waals surface area contributed by atoms with Gasteiger partial charge in [-0.15, -0.1) is 0 Å². The maximum atomic E-state index is 12.5. The van der Waals surface area contributed by atoms with E-state index in [4.69, 9.17) is 4.74 Å². The Morgan fingerprint density at radius 1 is 1.04 bits per heavy atom. The van der Waals surface area contributed by atoms with E-state index in [1.54, 1.807) is 0 Å². The number of hydrogen-bond donors (Lipinski definition) is 1. The molecular formula is C21H23BrN2O3. The average molecular weight is 431 g/mol. The number of nitrogens with one attached hydrogen (secondary N) is 1. The number of carbonyl (C=O) groups is 2. The molecule has 0 saturated carbocycles. The monoisotopic (exact) mass is 430 g/mol. The van der Waals surface area contributed by atoms with Crippen LogP contribution in [0.25, 0.3) is 0 Å². The molecule has 27 heavy (non-hydrogen) atoms. The van der Waals surface area contributed by atoms with E-state index >= 15 is 0 Å². The van der Waals surface area contributed by atoms with Crippen molar-refractivity contribution in [3.8, 4) is 5.75 Å². The predicted octanol–water partition coefficient (Wildman–Crippen LogP) is 3.50. The van der Waals surface area contributed by atoms with Crippen molar-refractivity contribution in [2.45, 2.75) is 12.8 Å². The highest BCUT2D eigenvalue weighted by Gasteiger charge is 2.27. The molecule has 2 aromatic carbocycles. The standard InChI is InChI=1S/C21H23BrN2O3/c22-18-8-6-17(7-9-18)21(26)24-13-10-16(11-14-24)20(25)23-12-15-27-19-4-2-1-3-5-19/h1-9,16H,10-15H2,(H,23,25). The summed E-state index contributed by atoms with van der Waals surface area (Å²) >= 11 is 3.38. The van der Waals surface area contributed by atoms with Crippen LogP contribution < -0.4 is 10.1 Å². The fraction of sp³-hybridized carbons (Fsp3) is 0.333. The maximum Gasteiger partial charge on any atom is 0.253 e. The number of hydrogen-bond acceptors (Lipinski definition) is 3. The van der Waals surface area contributed by atoms with E-state index in [0.717, 1.165) is 10.2 Å². The van der Waals surface area contributed by atoms with Crippen molar-refractivity contribution in [1.82, 2.24) is 10.2 Å². The first kappa shape index (κ1) is 19.4. The summed E-state index contributed by atoms with van der Waals surface area (Å²) in [5.41, 5.74) is 0.680. The second-order valence-corrected chi connectivity index (χ2v) is 7.44. The number of likely N-dealkylation sites (tertiary alicyclic amines) is 1. The SMILES string of the molecule is O=C(NCCOc1ccccc1)C1CCN(C(=O)c2ccc(Br)cc2)CC1. The zero-order valence-electron chi connectivity index (χ0n) is 15.1. The number of para-hydroxylation sites is 1. The van der Waals surface area contributed by atoms with Gasteiger partial charge >= 0.3 is 0 Å². The quantitative estimate of drug-likeness (QED) is 0.713. The van der Waals surface area contributed by atoms with Crippen LogP contribution in [0, 0.1) is 5.92 Å². The lowest BCUT2D eigenvalue weighted by Crippen LogP contribution is -2.43. The lowest BCUT2D eigenvalue weighted by molar-refractivity contribution is -0.126. The first-order chi connectivity index (χ1) is 13.1. The van der Waals surface area contributed by atoms with Gasteiger partial charge in [0.25, 0.3) is 5.91 Å². The molecule has 1 fully saturated rings. The van der Waals surface area contributed by atoms with E-state index in [-0.39, 0.29) is 17.7 Å². The normalized spacial score (nSPS) is 14.6. The molecule has 0 aromatic heterocycles. The molecule has 5 nitrogen and oxygen atoms in total. The number of ether oxygens (including phenoxy) is 1. The van der Waals surface area contributed by atoms with Crippen molar-refractivity contribution in [2.24, 2.45) is 5.92 Å². The minimum absolute atomic E-state index is 0.0256. The molecule has 0 aliphatic carbocycles. The number of amides is 2. The third-order valence-electron chi connectivity index (χ3n) is 4.66. The van der Waals surface area contributed by atoms with Gasteiger partial charge < -0.3 is 15.0 Å². The van der Waals surface area contributed by atoms with Crippen LogP contribution in [0.3, 0.4) is 0 Å². The molecule has 1 saturated heterocycles. The molecule has 1 heterocycles. The lowest BCUT2D eigenvalue weighted by Gasteiger charge is -2.31. The largest absolute Gasteiger partial charge is 0.492 e. The molecule has 2 amide bonds. The molecule has 3 rings (SSSR count). The van der Waals surface area contributed by atoms with E-state index < -0.39 is 0 Å². The summed E-state index contributed by atoms with van der Waals surface area (Å²) in [6.07, 6.45) is 1.38. The van der Waals surface area contributed by atoms with Crippen LogP contribution in [-0.4, -0.2) is 43.0 Å². The number of halogens is 1. The number of carbonyl (C=O) groups excluding carboxylic acids is 2. The van der Waals surface area contributed by atoms with Gasteiger partial charge in [-0.3, -0.25) is 9.59 Å². The molecule has 0 radical (unpaired) electrons. The summed E-state index contributed by atoms with van der Waals surface area (Å²) in [5.74, 6) is 0.822. The summed E-state index contributed by atoms with van der Waals surface area (Å²) in [6.45, 7) is 2.13. The van der Waals surface area contributed by atoms with Crippen LogP contribution in [-0.2, 0) is 4.79 Å². The highest BCUT2D eigenvalue weighted by molar-refractivity contribution is 9.10. The fourth-order valence-corrected chi connectivity index (χ4v) is 3.39. The van der Waals surface area contributed by atoms with Crippen molar-refractivity contribution in [2.75, 3.05) is 26.2 Å². The van der Waals surface area contributed by atoms with Gasteiger partial charge in [-0.25, -0.2) is 0 Å². The zero-order chi connectivity index (χ0) is 19.1. The molecule has 6 heteroatoms. The molecule has 0 atom stereocenters. The van der Waals surface area contributed by atoms with Gasteiger partial charge in [-0.2, -0.15) is 0 Å². The maximum absolute atomic E-state index is 12.5. The van der Waals surface area contributed by atoms with E-state index in [0.29, 0.717) is 44.6 Å². The Hall–Kier alpha value is -2.34. The molecule has 1 aliphatic rings. The summed E-state index contributed by atoms with van der Waals surface area (Å²) < 4.78 is 6.53. The number of benzene rings is 2. The Kier molecular flexibility index (Phi) is 6.87. The van der Waals surface area contributed by atoms with E-state index in [2.05, 4.69) is 21.2 Å². The highest BCUT2D eigenvalue weighted by Crippen LogP contribution is 2.20. The second kappa shape index (κ2) is 9.55. The Balaban J connectivity index is 1.38. The summed E-state index contributed by atoms with van der Waals surface area (Å²) in [4.78, 5) is 26.7. The fourth-order valence-electron chi connectivity index (χ4n) is 3.12. The molecule has 1 aliphatic heterocycles. The molecule has 0 unspecified atom stereocenters. The van der Waals surface area contributed by atoms with Crippen molar-refractivity contribution >= 4 is 27.7 Å². The van der Waals surface area contributed by atoms with Crippen molar-refractivity contribution in [3.63, 3.8) is 0 Å². The second-order valence-electron chi connectivity index (χ2n) is 6.53. The Morgan fingerprint density at radius 3 is 2.37 bits per heavy atom. The van der Waals surface area contributed by atoms with Crippen molar-refractivity contribution in [3.05, 3.63) is 64.6 Å². The topological polar surface area (TPSA) is 58.6 Å². The number of nitrogens with zero attached hydrogens (tertiary/aromatic N) is 1. The summed E-state index contributed by atoms with van der Waals surface area (Å²) in [6, 6.07) is 16.9. The highest BCUT2D eigenvalue weighted by atomic mass is 79.9. The minimum atomic E-state index is -0.0457. The average Bonchev–Trinajstić information content (AvgIpc) is 2.72. The van der Waals surface area contributed by atoms with Gasteiger partial charge in [0.15, 0.2) is 0 Å². The molecule has 0 spiro atoms. The van der Waals surface area contributed by atoms with Crippen LogP contribution >= 0.6 is 15.9 Å². The Bertz CT molecular complexity index is 757. The van der Waals surface area contributed by atoms with E-state index in [1.165, 1.54) is 0 Å². The van der Waals surface area contributed by atoms with Gasteiger partial charge in [0.05, 0.1) is 6.54 Å². The zero-order valence-corrected chi connectivity index (χ0v) is 16.7. The number of piperidine rings is 1.